The van der Waals surface area contributed by atoms with Crippen molar-refractivity contribution in [3.8, 4) is 5.75 Å². The van der Waals surface area contributed by atoms with Crippen LogP contribution in [0.5, 0.6) is 5.75 Å². The number of aromatic hydroxyl groups is 1. The minimum atomic E-state index is -0.0765. The molecule has 0 spiro atoms. The number of rotatable bonds is 1. The van der Waals surface area contributed by atoms with E-state index in [4.69, 9.17) is 0 Å². The molecule has 0 aliphatic heterocycles. The quantitative estimate of drug-likeness (QED) is 0.804. The van der Waals surface area contributed by atoms with Crippen LogP contribution in [0.1, 0.15) is 28.4 Å². The molecular weight excluding hydrogens is 272 g/mol. The van der Waals surface area contributed by atoms with Crippen molar-refractivity contribution in [1.29, 1.82) is 0 Å². The van der Waals surface area contributed by atoms with E-state index in [2.05, 4.69) is 15.9 Å². The fourth-order valence-corrected chi connectivity index (χ4v) is 2.24. The summed E-state index contributed by atoms with van der Waals surface area (Å²) in [5, 5.41) is 9.53. The van der Waals surface area contributed by atoms with Gasteiger partial charge in [0.05, 0.1) is 10.0 Å². The number of ketones is 1. The van der Waals surface area contributed by atoms with Crippen molar-refractivity contribution in [3.63, 3.8) is 0 Å². The molecule has 0 saturated carbocycles. The fourth-order valence-electron chi connectivity index (χ4n) is 1.89. The molecule has 0 aromatic heterocycles. The van der Waals surface area contributed by atoms with E-state index in [1.165, 1.54) is 6.07 Å². The molecule has 0 amide bonds. The van der Waals surface area contributed by atoms with Crippen LogP contribution in [0.25, 0.3) is 5.57 Å². The summed E-state index contributed by atoms with van der Waals surface area (Å²) < 4.78 is 0.544. The van der Waals surface area contributed by atoms with Gasteiger partial charge in [-0.1, -0.05) is 6.07 Å². The van der Waals surface area contributed by atoms with E-state index in [0.717, 1.165) is 11.1 Å². The number of carbonyl (C=O) groups is 2. The Morgan fingerprint density at radius 2 is 2.12 bits per heavy atom. The molecule has 0 fully saturated rings. The highest BCUT2D eigenvalue weighted by Crippen LogP contribution is 2.36. The molecule has 1 aliphatic carbocycles. The average molecular weight is 281 g/mol. The number of fused-ring (bicyclic) bond motifs is 1. The first-order chi connectivity index (χ1) is 7.56. The Morgan fingerprint density at radius 3 is 2.75 bits per heavy atom. The van der Waals surface area contributed by atoms with Crippen LogP contribution >= 0.6 is 15.9 Å². The first-order valence-corrected chi connectivity index (χ1v) is 5.55. The van der Waals surface area contributed by atoms with E-state index < -0.39 is 0 Å². The Balaban J connectivity index is 2.77. The molecule has 0 atom stereocenters. The van der Waals surface area contributed by atoms with Gasteiger partial charge in [0.2, 0.25) is 0 Å². The Morgan fingerprint density at radius 1 is 1.44 bits per heavy atom. The lowest BCUT2D eigenvalue weighted by Crippen LogP contribution is -2.14. The van der Waals surface area contributed by atoms with Crippen LogP contribution in [0, 0.1) is 0 Å². The van der Waals surface area contributed by atoms with E-state index in [9.17, 15) is 14.7 Å². The molecule has 0 heterocycles. The number of hydrogen-bond donors (Lipinski definition) is 1. The van der Waals surface area contributed by atoms with Crippen LogP contribution in [-0.2, 0) is 11.2 Å². The van der Waals surface area contributed by atoms with Gasteiger partial charge >= 0.3 is 0 Å². The van der Waals surface area contributed by atoms with Crippen molar-refractivity contribution >= 4 is 33.6 Å². The van der Waals surface area contributed by atoms with Crippen molar-refractivity contribution in [2.75, 3.05) is 0 Å². The van der Waals surface area contributed by atoms with Gasteiger partial charge in [-0.05, 0) is 45.6 Å². The maximum atomic E-state index is 11.6. The van der Waals surface area contributed by atoms with Gasteiger partial charge in [0.1, 0.15) is 5.75 Å². The first-order valence-electron chi connectivity index (χ1n) is 4.76. The fraction of sp³-hybridized carbons (Fsp3) is 0.167. The number of phenolic OH excluding ortho intramolecular Hbond substituents is 1. The Bertz CT molecular complexity index is 529. The normalized spacial score (nSPS) is 15.0. The second kappa shape index (κ2) is 3.87. The highest BCUT2D eigenvalue weighted by molar-refractivity contribution is 9.12. The van der Waals surface area contributed by atoms with Gasteiger partial charge < -0.3 is 5.11 Å². The van der Waals surface area contributed by atoms with Gasteiger partial charge in [-0.2, -0.15) is 0 Å². The first kappa shape index (κ1) is 11.1. The molecule has 16 heavy (non-hydrogen) atoms. The van der Waals surface area contributed by atoms with E-state index >= 15 is 0 Å². The smallest absolute Gasteiger partial charge is 0.174 e. The number of allylic oxidation sites excluding steroid dienone is 2. The summed E-state index contributed by atoms with van der Waals surface area (Å²) in [5.41, 5.74) is 2.46. The van der Waals surface area contributed by atoms with E-state index in [1.54, 1.807) is 6.07 Å². The molecule has 0 radical (unpaired) electrons. The number of halogens is 1. The number of aldehydes is 1. The maximum absolute atomic E-state index is 11.6. The summed E-state index contributed by atoms with van der Waals surface area (Å²) in [7, 11) is 0. The second-order valence-electron chi connectivity index (χ2n) is 3.68. The molecule has 0 unspecified atom stereocenters. The van der Waals surface area contributed by atoms with Crippen molar-refractivity contribution in [2.45, 2.75) is 13.3 Å². The number of Topliss-reactive ketones (excluding diaryl/α,β-unsaturated/α-hetero) is 1. The Kier molecular flexibility index (Phi) is 2.68. The topological polar surface area (TPSA) is 54.4 Å². The van der Waals surface area contributed by atoms with E-state index in [-0.39, 0.29) is 23.5 Å². The minimum absolute atomic E-state index is 0.0706. The molecule has 1 N–H and O–H groups in total. The molecule has 1 aliphatic rings. The van der Waals surface area contributed by atoms with Crippen LogP contribution in [0.2, 0.25) is 0 Å². The van der Waals surface area contributed by atoms with Gasteiger partial charge in [0.25, 0.3) is 0 Å². The number of hydrogen-bond acceptors (Lipinski definition) is 3. The van der Waals surface area contributed by atoms with Gasteiger partial charge in [-0.3, -0.25) is 9.59 Å². The van der Waals surface area contributed by atoms with Gasteiger partial charge in [0.15, 0.2) is 12.1 Å². The molecule has 1 aromatic carbocycles. The molecule has 3 nitrogen and oxygen atoms in total. The molecule has 1 aromatic rings. The number of benzene rings is 1. The second-order valence-corrected chi connectivity index (χ2v) is 4.47. The minimum Gasteiger partial charge on any atom is -0.507 e. The lowest BCUT2D eigenvalue weighted by molar-refractivity contribution is -0.114. The lowest BCUT2D eigenvalue weighted by Gasteiger charge is -2.19. The SMILES string of the molecule is CC1=C(Br)C(=O)Cc2c1ccc(O)c2C=O. The zero-order valence-corrected chi connectivity index (χ0v) is 10.2. The maximum Gasteiger partial charge on any atom is 0.174 e. The molecule has 0 saturated heterocycles. The summed E-state index contributed by atoms with van der Waals surface area (Å²) in [6.45, 7) is 1.81. The monoisotopic (exact) mass is 280 g/mol. The lowest BCUT2D eigenvalue weighted by atomic mass is 9.87. The molecular formula is C12H9BrO3. The summed E-state index contributed by atoms with van der Waals surface area (Å²) in [4.78, 5) is 22.5. The standard InChI is InChI=1S/C12H9BrO3/c1-6-7-2-3-10(15)9(5-14)8(7)4-11(16)12(6)13/h2-3,5,15H,4H2,1H3. The van der Waals surface area contributed by atoms with Crippen molar-refractivity contribution in [1.82, 2.24) is 0 Å². The summed E-state index contributed by atoms with van der Waals surface area (Å²) in [5.74, 6) is -0.147. The van der Waals surface area contributed by atoms with Gasteiger partial charge in [-0.15, -0.1) is 0 Å². The van der Waals surface area contributed by atoms with Crippen LogP contribution in [-0.4, -0.2) is 17.2 Å². The molecule has 4 heteroatoms. The summed E-state index contributed by atoms with van der Waals surface area (Å²) in [6, 6.07) is 3.20. The van der Waals surface area contributed by atoms with E-state index in [1.807, 2.05) is 6.92 Å². The predicted octanol–water partition coefficient (Wildman–Crippen LogP) is 2.46. The third-order valence-corrected chi connectivity index (χ3v) is 3.80. The Hall–Kier alpha value is -1.42. The average Bonchev–Trinajstić information content (AvgIpc) is 2.26. The van der Waals surface area contributed by atoms with E-state index in [0.29, 0.717) is 16.3 Å². The van der Waals surface area contributed by atoms with Crippen LogP contribution in [0.15, 0.2) is 16.6 Å². The van der Waals surface area contributed by atoms with Crippen molar-refractivity contribution in [3.05, 3.63) is 33.3 Å². The predicted molar refractivity (Wildman–Crippen MR) is 63.7 cm³/mol. The van der Waals surface area contributed by atoms with Crippen molar-refractivity contribution < 1.29 is 14.7 Å². The zero-order chi connectivity index (χ0) is 11.9. The summed E-state index contributed by atoms with van der Waals surface area (Å²) >= 11 is 3.23. The molecule has 2 rings (SSSR count). The summed E-state index contributed by atoms with van der Waals surface area (Å²) in [6.07, 6.45) is 0.740. The van der Waals surface area contributed by atoms with Crippen LogP contribution < -0.4 is 0 Å². The Labute approximate surface area is 101 Å². The third kappa shape index (κ3) is 1.50. The third-order valence-electron chi connectivity index (χ3n) is 2.77. The zero-order valence-electron chi connectivity index (χ0n) is 8.58. The van der Waals surface area contributed by atoms with Gasteiger partial charge in [0, 0.05) is 6.42 Å². The molecule has 0 bridgehead atoms. The molecule has 82 valence electrons. The van der Waals surface area contributed by atoms with Crippen LogP contribution in [0.4, 0.5) is 0 Å². The largest absolute Gasteiger partial charge is 0.507 e. The van der Waals surface area contributed by atoms with Crippen molar-refractivity contribution in [2.24, 2.45) is 0 Å². The van der Waals surface area contributed by atoms with Gasteiger partial charge in [-0.25, -0.2) is 0 Å². The van der Waals surface area contributed by atoms with Crippen LogP contribution in [0.3, 0.4) is 0 Å². The highest BCUT2D eigenvalue weighted by atomic mass is 79.9. The highest BCUT2D eigenvalue weighted by Gasteiger charge is 2.24. The number of phenols is 1. The number of carbonyl (C=O) groups excluding carboxylic acids is 2.